The molecule has 0 radical (unpaired) electrons. The van der Waals surface area contributed by atoms with E-state index >= 15 is 0 Å². The highest BCUT2D eigenvalue weighted by molar-refractivity contribution is 8.14. The number of likely N-dealkylation sites (N-methyl/N-ethyl adjacent to an activating group) is 1. The maximum atomic E-state index is 13.2. The van der Waals surface area contributed by atoms with Crippen LogP contribution in [0.3, 0.4) is 0 Å². The lowest BCUT2D eigenvalue weighted by Crippen LogP contribution is -2.44. The Balaban J connectivity index is 1.44. The molecule has 2 aromatic heterocycles. The summed E-state index contributed by atoms with van der Waals surface area (Å²) >= 11 is 1.64. The molecule has 9 heteroatoms. The first-order valence-corrected chi connectivity index (χ1v) is 12.4. The first-order valence-electron chi connectivity index (χ1n) is 11.4. The predicted molar refractivity (Wildman–Crippen MR) is 138 cm³/mol. The van der Waals surface area contributed by atoms with Gasteiger partial charge >= 0.3 is 0 Å². The van der Waals surface area contributed by atoms with E-state index in [2.05, 4.69) is 56.4 Å². The number of nitrogens with zero attached hydrogens (tertiary/aromatic N) is 6. The van der Waals surface area contributed by atoms with Crippen molar-refractivity contribution in [3.63, 3.8) is 0 Å². The lowest BCUT2D eigenvalue weighted by atomic mass is 10.2. The van der Waals surface area contributed by atoms with Crippen LogP contribution in [0.1, 0.15) is 18.2 Å². The van der Waals surface area contributed by atoms with Crippen molar-refractivity contribution in [3.8, 4) is 0 Å². The summed E-state index contributed by atoms with van der Waals surface area (Å²) in [5.41, 5.74) is 4.25. The number of nitrogens with one attached hydrogen (secondary N) is 1. The number of thioether (sulfide) groups is 1. The molecule has 1 fully saturated rings. The first kappa shape index (κ1) is 21.9. The minimum absolute atomic E-state index is 0.0428. The number of aliphatic imine (C=N–C) groups is 1. The molecular formula is C24H29N7OS. The minimum Gasteiger partial charge on any atom is -0.369 e. The van der Waals surface area contributed by atoms with Gasteiger partial charge in [0, 0.05) is 61.8 Å². The quantitative estimate of drug-likeness (QED) is 0.623. The van der Waals surface area contributed by atoms with Crippen LogP contribution >= 0.6 is 11.8 Å². The molecule has 4 heterocycles. The molecule has 0 bridgehead atoms. The lowest BCUT2D eigenvalue weighted by Gasteiger charge is -2.34. The standard InChI is InChI=1S/C24H29N7OS/c1-4-31-21-19(15-20(23(31)32)22-25-9-14-33-22)16(2)26-24(28-21)27-17-5-7-18(8-6-17)30-12-10-29(3)11-13-30/h5-8,15H,4,9-14H2,1-3H3,(H,26,27,28). The number of piperazine rings is 1. The van der Waals surface area contributed by atoms with Crippen molar-refractivity contribution in [3.05, 3.63) is 51.9 Å². The summed E-state index contributed by atoms with van der Waals surface area (Å²) < 4.78 is 1.72. The molecule has 0 aliphatic carbocycles. The van der Waals surface area contributed by atoms with Crippen molar-refractivity contribution in [2.45, 2.75) is 20.4 Å². The lowest BCUT2D eigenvalue weighted by molar-refractivity contribution is 0.313. The Morgan fingerprint density at radius 1 is 1.09 bits per heavy atom. The van der Waals surface area contributed by atoms with E-state index in [0.717, 1.165) is 60.3 Å². The number of hydrogen-bond acceptors (Lipinski definition) is 8. The zero-order chi connectivity index (χ0) is 22.9. The van der Waals surface area contributed by atoms with Crippen LogP contribution in [-0.2, 0) is 6.54 Å². The van der Waals surface area contributed by atoms with Gasteiger partial charge < -0.3 is 15.1 Å². The van der Waals surface area contributed by atoms with Gasteiger partial charge in [0.25, 0.3) is 5.56 Å². The summed E-state index contributed by atoms with van der Waals surface area (Å²) in [7, 11) is 2.16. The highest BCUT2D eigenvalue weighted by Crippen LogP contribution is 2.25. The van der Waals surface area contributed by atoms with Crippen LogP contribution in [-0.4, -0.2) is 70.0 Å². The molecule has 2 aliphatic rings. The monoisotopic (exact) mass is 463 g/mol. The van der Waals surface area contributed by atoms with E-state index in [0.29, 0.717) is 23.7 Å². The zero-order valence-electron chi connectivity index (χ0n) is 19.3. The summed E-state index contributed by atoms with van der Waals surface area (Å²) in [5.74, 6) is 1.42. The molecule has 0 amide bonds. The Kier molecular flexibility index (Phi) is 6.07. The zero-order valence-corrected chi connectivity index (χ0v) is 20.2. The minimum atomic E-state index is -0.0428. The molecule has 33 heavy (non-hydrogen) atoms. The Labute approximate surface area is 197 Å². The SMILES string of the molecule is CCn1c(=O)c(C2=NCCS2)cc2c(C)nc(Nc3ccc(N4CCN(C)CC4)cc3)nc21. The summed E-state index contributed by atoms with van der Waals surface area (Å²) in [6.45, 7) is 9.47. The van der Waals surface area contributed by atoms with Crippen LogP contribution in [0.5, 0.6) is 0 Å². The average Bonchev–Trinajstić information content (AvgIpc) is 3.35. The van der Waals surface area contributed by atoms with Gasteiger partial charge in [-0.2, -0.15) is 4.98 Å². The molecule has 1 N–H and O–H groups in total. The number of aromatic nitrogens is 3. The van der Waals surface area contributed by atoms with Crippen LogP contribution < -0.4 is 15.8 Å². The number of benzene rings is 1. The van der Waals surface area contributed by atoms with E-state index in [4.69, 9.17) is 4.98 Å². The largest absolute Gasteiger partial charge is 0.369 e. The Bertz CT molecular complexity index is 1260. The van der Waals surface area contributed by atoms with Gasteiger partial charge in [-0.1, -0.05) is 0 Å². The van der Waals surface area contributed by atoms with Crippen LogP contribution in [0.2, 0.25) is 0 Å². The topological polar surface area (TPSA) is 78.7 Å². The van der Waals surface area contributed by atoms with E-state index in [1.165, 1.54) is 5.69 Å². The molecule has 2 aliphatic heterocycles. The second kappa shape index (κ2) is 9.15. The van der Waals surface area contributed by atoms with Crippen molar-refractivity contribution in [2.75, 3.05) is 55.7 Å². The van der Waals surface area contributed by atoms with Crippen LogP contribution in [0.25, 0.3) is 11.0 Å². The second-order valence-electron chi connectivity index (χ2n) is 8.47. The van der Waals surface area contributed by atoms with E-state index in [-0.39, 0.29) is 5.56 Å². The number of hydrogen-bond donors (Lipinski definition) is 1. The average molecular weight is 464 g/mol. The van der Waals surface area contributed by atoms with Gasteiger partial charge in [0.05, 0.1) is 11.3 Å². The Morgan fingerprint density at radius 3 is 2.52 bits per heavy atom. The summed E-state index contributed by atoms with van der Waals surface area (Å²) in [4.78, 5) is 31.9. The molecule has 1 saturated heterocycles. The normalized spacial score (nSPS) is 16.9. The molecule has 0 unspecified atom stereocenters. The number of pyridine rings is 1. The third kappa shape index (κ3) is 4.35. The molecule has 5 rings (SSSR count). The molecule has 8 nitrogen and oxygen atoms in total. The highest BCUT2D eigenvalue weighted by atomic mass is 32.2. The van der Waals surface area contributed by atoms with E-state index in [9.17, 15) is 4.79 Å². The molecule has 3 aromatic rings. The van der Waals surface area contributed by atoms with Crippen LogP contribution in [0, 0.1) is 6.92 Å². The second-order valence-corrected chi connectivity index (χ2v) is 9.56. The van der Waals surface area contributed by atoms with Gasteiger partial charge in [-0.05, 0) is 51.2 Å². The van der Waals surface area contributed by atoms with Crippen LogP contribution in [0.15, 0.2) is 40.1 Å². The summed E-state index contributed by atoms with van der Waals surface area (Å²) in [5, 5.41) is 5.03. The third-order valence-corrected chi connectivity index (χ3v) is 7.27. The van der Waals surface area contributed by atoms with Gasteiger partial charge in [-0.15, -0.1) is 11.8 Å². The van der Waals surface area contributed by atoms with E-state index in [1.54, 1.807) is 16.3 Å². The summed E-state index contributed by atoms with van der Waals surface area (Å²) in [6.07, 6.45) is 0. The fraction of sp³-hybridized carbons (Fsp3) is 0.417. The molecule has 172 valence electrons. The van der Waals surface area contributed by atoms with E-state index < -0.39 is 0 Å². The fourth-order valence-corrected chi connectivity index (χ4v) is 5.20. The molecule has 1 aromatic carbocycles. The maximum Gasteiger partial charge on any atom is 0.262 e. The van der Waals surface area contributed by atoms with Crippen molar-refractivity contribution in [1.82, 2.24) is 19.4 Å². The smallest absolute Gasteiger partial charge is 0.262 e. The van der Waals surface area contributed by atoms with Crippen molar-refractivity contribution >= 4 is 45.2 Å². The number of fused-ring (bicyclic) bond motifs is 1. The van der Waals surface area contributed by atoms with Gasteiger partial charge in [0.2, 0.25) is 5.95 Å². The molecule has 0 saturated carbocycles. The molecular weight excluding hydrogens is 434 g/mol. The highest BCUT2D eigenvalue weighted by Gasteiger charge is 2.19. The molecule has 0 spiro atoms. The first-order chi connectivity index (χ1) is 16.0. The number of rotatable bonds is 5. The number of anilines is 3. The van der Waals surface area contributed by atoms with Gasteiger partial charge in [-0.25, -0.2) is 4.98 Å². The Hall–Kier alpha value is -2.91. The predicted octanol–water partition coefficient (Wildman–Crippen LogP) is 3.11. The van der Waals surface area contributed by atoms with Gasteiger partial charge in [0.15, 0.2) is 0 Å². The third-order valence-electron chi connectivity index (χ3n) is 6.26. The summed E-state index contributed by atoms with van der Waals surface area (Å²) in [6, 6.07) is 10.3. The van der Waals surface area contributed by atoms with Crippen molar-refractivity contribution < 1.29 is 0 Å². The van der Waals surface area contributed by atoms with Crippen LogP contribution in [0.4, 0.5) is 17.3 Å². The van der Waals surface area contributed by atoms with Crippen molar-refractivity contribution in [1.29, 1.82) is 0 Å². The Morgan fingerprint density at radius 2 is 1.85 bits per heavy atom. The van der Waals surface area contributed by atoms with E-state index in [1.807, 2.05) is 19.9 Å². The number of aryl methyl sites for hydroxylation is 2. The van der Waals surface area contributed by atoms with Gasteiger partial charge in [0.1, 0.15) is 10.7 Å². The van der Waals surface area contributed by atoms with Crippen molar-refractivity contribution in [2.24, 2.45) is 4.99 Å². The van der Waals surface area contributed by atoms with Gasteiger partial charge in [-0.3, -0.25) is 14.4 Å². The maximum absolute atomic E-state index is 13.2. The molecule has 0 atom stereocenters. The fourth-order valence-electron chi connectivity index (χ4n) is 4.34.